The summed E-state index contributed by atoms with van der Waals surface area (Å²) in [6.45, 7) is 6.50. The average molecular weight is 463 g/mol. The fourth-order valence-electron chi connectivity index (χ4n) is 4.28. The number of thiophene rings is 1. The number of hydrogen-bond donors (Lipinski definition) is 1. The van der Waals surface area contributed by atoms with Crippen molar-refractivity contribution in [2.24, 2.45) is 0 Å². The first-order chi connectivity index (χ1) is 16.1. The van der Waals surface area contributed by atoms with E-state index in [1.807, 2.05) is 49.6 Å². The van der Waals surface area contributed by atoms with Crippen molar-refractivity contribution in [3.63, 3.8) is 0 Å². The first-order valence-corrected chi connectivity index (χ1v) is 12.0. The van der Waals surface area contributed by atoms with E-state index in [0.717, 1.165) is 41.2 Å². The summed E-state index contributed by atoms with van der Waals surface area (Å²) in [5, 5.41) is 13.1. The third kappa shape index (κ3) is 4.71. The van der Waals surface area contributed by atoms with Gasteiger partial charge in [-0.1, -0.05) is 6.07 Å². The van der Waals surface area contributed by atoms with E-state index in [1.54, 1.807) is 0 Å². The standard InChI is InChI=1S/C25H26N4O3S/c1-16-10-17(2)12-19(11-16)31-14-18-13-22(33-15-18)25(30)26-20-6-7-21(24-23(20)27-32-28-24)29-8-4-3-5-9-29/h6-7,10-13,15H,3-5,8-9,14H2,1-2H3,(H,26,30). The van der Waals surface area contributed by atoms with Crippen LogP contribution in [0.4, 0.5) is 11.4 Å². The number of ether oxygens (including phenoxy) is 1. The number of piperidine rings is 1. The third-order valence-corrected chi connectivity index (χ3v) is 6.80. The molecule has 8 heteroatoms. The van der Waals surface area contributed by atoms with Crippen molar-refractivity contribution in [1.82, 2.24) is 10.3 Å². The van der Waals surface area contributed by atoms with Crippen LogP contribution >= 0.6 is 11.3 Å². The van der Waals surface area contributed by atoms with Gasteiger partial charge in [-0.15, -0.1) is 11.3 Å². The molecule has 3 heterocycles. The number of benzene rings is 2. The lowest BCUT2D eigenvalue weighted by atomic mass is 10.1. The molecule has 170 valence electrons. The lowest BCUT2D eigenvalue weighted by Crippen LogP contribution is -2.29. The highest BCUT2D eigenvalue weighted by molar-refractivity contribution is 7.12. The van der Waals surface area contributed by atoms with Crippen LogP contribution in [0.25, 0.3) is 11.0 Å². The Balaban J connectivity index is 1.28. The van der Waals surface area contributed by atoms with Crippen LogP contribution in [0.1, 0.15) is 45.6 Å². The Kier molecular flexibility index (Phi) is 6.00. The summed E-state index contributed by atoms with van der Waals surface area (Å²) in [5.74, 6) is 0.645. The molecule has 1 aliphatic heterocycles. The molecule has 2 aromatic carbocycles. The largest absolute Gasteiger partial charge is 0.489 e. The molecule has 1 aliphatic rings. The summed E-state index contributed by atoms with van der Waals surface area (Å²) in [6.07, 6.45) is 3.58. The van der Waals surface area contributed by atoms with E-state index >= 15 is 0 Å². The summed E-state index contributed by atoms with van der Waals surface area (Å²) < 4.78 is 11.0. The lowest BCUT2D eigenvalue weighted by molar-refractivity contribution is 0.103. The molecule has 5 rings (SSSR count). The van der Waals surface area contributed by atoms with Crippen molar-refractivity contribution < 1.29 is 14.2 Å². The SMILES string of the molecule is Cc1cc(C)cc(OCc2csc(C(=O)Nc3ccc(N4CCCCC4)c4nonc34)c2)c1. The van der Waals surface area contributed by atoms with E-state index < -0.39 is 0 Å². The molecule has 7 nitrogen and oxygen atoms in total. The minimum Gasteiger partial charge on any atom is -0.489 e. The fraction of sp³-hybridized carbons (Fsp3) is 0.320. The number of fused-ring (bicyclic) bond motifs is 1. The Hall–Kier alpha value is -3.39. The summed E-state index contributed by atoms with van der Waals surface area (Å²) in [4.78, 5) is 15.8. The summed E-state index contributed by atoms with van der Waals surface area (Å²) in [5.41, 5.74) is 6.14. The molecule has 33 heavy (non-hydrogen) atoms. The van der Waals surface area contributed by atoms with Gasteiger partial charge in [-0.3, -0.25) is 4.79 Å². The van der Waals surface area contributed by atoms with Crippen LogP contribution in [-0.2, 0) is 6.61 Å². The first-order valence-electron chi connectivity index (χ1n) is 11.2. The lowest BCUT2D eigenvalue weighted by Gasteiger charge is -2.28. The number of aromatic nitrogens is 2. The fourth-order valence-corrected chi connectivity index (χ4v) is 5.07. The van der Waals surface area contributed by atoms with Crippen LogP contribution in [0.5, 0.6) is 5.75 Å². The monoisotopic (exact) mass is 462 g/mol. The summed E-state index contributed by atoms with van der Waals surface area (Å²) >= 11 is 1.39. The Morgan fingerprint density at radius 3 is 2.61 bits per heavy atom. The van der Waals surface area contributed by atoms with E-state index in [0.29, 0.717) is 28.2 Å². The van der Waals surface area contributed by atoms with Crippen molar-refractivity contribution in [3.8, 4) is 5.75 Å². The third-order valence-electron chi connectivity index (χ3n) is 5.82. The second-order valence-corrected chi connectivity index (χ2v) is 9.44. The zero-order valence-corrected chi connectivity index (χ0v) is 19.6. The number of nitrogens with one attached hydrogen (secondary N) is 1. The second-order valence-electron chi connectivity index (χ2n) is 8.53. The highest BCUT2D eigenvalue weighted by atomic mass is 32.1. The topological polar surface area (TPSA) is 80.5 Å². The molecular weight excluding hydrogens is 436 g/mol. The van der Waals surface area contributed by atoms with E-state index in [4.69, 9.17) is 9.37 Å². The molecule has 2 aromatic heterocycles. The van der Waals surface area contributed by atoms with Crippen molar-refractivity contribution >= 4 is 39.7 Å². The Morgan fingerprint density at radius 1 is 1.06 bits per heavy atom. The van der Waals surface area contributed by atoms with Gasteiger partial charge in [0.05, 0.1) is 16.3 Å². The maximum absolute atomic E-state index is 12.9. The maximum Gasteiger partial charge on any atom is 0.265 e. The normalized spacial score (nSPS) is 13.9. The van der Waals surface area contributed by atoms with Gasteiger partial charge in [-0.25, -0.2) is 4.63 Å². The number of anilines is 2. The molecule has 0 bridgehead atoms. The van der Waals surface area contributed by atoms with Gasteiger partial charge in [0.25, 0.3) is 5.91 Å². The van der Waals surface area contributed by atoms with Gasteiger partial charge in [0.15, 0.2) is 11.0 Å². The number of aryl methyl sites for hydroxylation is 2. The van der Waals surface area contributed by atoms with Gasteiger partial charge >= 0.3 is 0 Å². The smallest absolute Gasteiger partial charge is 0.265 e. The Bertz CT molecular complexity index is 1270. The van der Waals surface area contributed by atoms with Gasteiger partial charge in [0, 0.05) is 18.7 Å². The molecule has 0 radical (unpaired) electrons. The zero-order valence-electron chi connectivity index (χ0n) is 18.8. The summed E-state index contributed by atoms with van der Waals surface area (Å²) in [6, 6.07) is 11.9. The van der Waals surface area contributed by atoms with Crippen molar-refractivity contribution in [1.29, 1.82) is 0 Å². The molecule has 0 spiro atoms. The Morgan fingerprint density at radius 2 is 1.82 bits per heavy atom. The van der Waals surface area contributed by atoms with Gasteiger partial charge in [0.1, 0.15) is 12.4 Å². The average Bonchev–Trinajstić information content (AvgIpc) is 3.48. The zero-order chi connectivity index (χ0) is 22.8. The molecule has 0 saturated carbocycles. The summed E-state index contributed by atoms with van der Waals surface area (Å²) in [7, 11) is 0. The number of amides is 1. The van der Waals surface area contributed by atoms with Gasteiger partial charge in [-0.2, -0.15) is 0 Å². The minimum atomic E-state index is -0.187. The van der Waals surface area contributed by atoms with Crippen molar-refractivity contribution in [2.45, 2.75) is 39.7 Å². The quantitative estimate of drug-likeness (QED) is 0.395. The highest BCUT2D eigenvalue weighted by Crippen LogP contribution is 2.32. The van der Waals surface area contributed by atoms with E-state index in [-0.39, 0.29) is 5.91 Å². The number of nitrogens with zero attached hydrogens (tertiary/aromatic N) is 3. The molecular formula is C25H26N4O3S. The molecule has 1 fully saturated rings. The van der Waals surface area contributed by atoms with Gasteiger partial charge in [0.2, 0.25) is 0 Å². The van der Waals surface area contributed by atoms with Crippen LogP contribution in [0.15, 0.2) is 46.4 Å². The van der Waals surface area contributed by atoms with Gasteiger partial charge in [-0.05, 0) is 90.3 Å². The van der Waals surface area contributed by atoms with Crippen molar-refractivity contribution in [3.05, 3.63) is 63.3 Å². The Labute approximate surface area is 196 Å². The van der Waals surface area contributed by atoms with E-state index in [2.05, 4.69) is 26.6 Å². The van der Waals surface area contributed by atoms with Crippen LogP contribution in [0.3, 0.4) is 0 Å². The molecule has 1 saturated heterocycles. The first kappa shape index (κ1) is 21.5. The molecule has 1 N–H and O–H groups in total. The van der Waals surface area contributed by atoms with Crippen LogP contribution in [-0.4, -0.2) is 29.3 Å². The predicted octanol–water partition coefficient (Wildman–Crippen LogP) is 5.72. The number of carbonyl (C=O) groups excluding carboxylic acids is 1. The van der Waals surface area contributed by atoms with Gasteiger partial charge < -0.3 is 15.0 Å². The highest BCUT2D eigenvalue weighted by Gasteiger charge is 2.20. The van der Waals surface area contributed by atoms with Crippen molar-refractivity contribution in [2.75, 3.05) is 23.3 Å². The van der Waals surface area contributed by atoms with Crippen LogP contribution < -0.4 is 15.0 Å². The molecule has 0 aliphatic carbocycles. The maximum atomic E-state index is 12.9. The molecule has 0 unspecified atom stereocenters. The van der Waals surface area contributed by atoms with E-state index in [9.17, 15) is 4.79 Å². The number of carbonyl (C=O) groups is 1. The van der Waals surface area contributed by atoms with Crippen LogP contribution in [0, 0.1) is 13.8 Å². The number of rotatable bonds is 6. The molecule has 4 aromatic rings. The van der Waals surface area contributed by atoms with E-state index in [1.165, 1.54) is 30.6 Å². The molecule has 1 amide bonds. The number of hydrogen-bond acceptors (Lipinski definition) is 7. The predicted molar refractivity (Wildman–Crippen MR) is 130 cm³/mol. The second kappa shape index (κ2) is 9.23. The molecule has 0 atom stereocenters. The van der Waals surface area contributed by atoms with Crippen LogP contribution in [0.2, 0.25) is 0 Å². The minimum absolute atomic E-state index is 0.187.